The molecule has 3 aromatic rings. The van der Waals surface area contributed by atoms with E-state index in [4.69, 9.17) is 9.47 Å². The smallest absolute Gasteiger partial charge is 0.282 e. The van der Waals surface area contributed by atoms with Gasteiger partial charge >= 0.3 is 0 Å². The minimum Gasteiger partial charge on any atom is -0.497 e. The van der Waals surface area contributed by atoms with E-state index in [9.17, 15) is 4.79 Å². The summed E-state index contributed by atoms with van der Waals surface area (Å²) in [5.41, 5.74) is 3.33. The molecule has 0 N–H and O–H groups in total. The lowest BCUT2D eigenvalue weighted by Crippen LogP contribution is -2.22. The van der Waals surface area contributed by atoms with Crippen molar-refractivity contribution in [2.45, 2.75) is 13.5 Å². The quantitative estimate of drug-likeness (QED) is 0.697. The van der Waals surface area contributed by atoms with Crippen molar-refractivity contribution in [1.29, 1.82) is 0 Å². The number of aryl methyl sites for hydroxylation is 1. The molecule has 0 spiro atoms. The predicted octanol–water partition coefficient (Wildman–Crippen LogP) is 3.60. The van der Waals surface area contributed by atoms with Crippen molar-refractivity contribution in [3.63, 3.8) is 0 Å². The lowest BCUT2D eigenvalue weighted by Gasteiger charge is -2.09. The second-order valence-electron chi connectivity index (χ2n) is 6.16. The maximum absolute atomic E-state index is 12.7. The van der Waals surface area contributed by atoms with Gasteiger partial charge in [0, 0.05) is 18.8 Å². The van der Waals surface area contributed by atoms with E-state index in [1.165, 1.54) is 12.7 Å². The molecule has 0 fully saturated rings. The number of pyridine rings is 1. The second kappa shape index (κ2) is 8.36. The first-order valence-corrected chi connectivity index (χ1v) is 8.63. The van der Waals surface area contributed by atoms with Crippen LogP contribution >= 0.6 is 0 Å². The monoisotopic (exact) mass is 362 g/mol. The molecule has 2 aromatic carbocycles. The molecule has 0 aliphatic carbocycles. The molecule has 138 valence electrons. The third-order valence-corrected chi connectivity index (χ3v) is 4.25. The first-order valence-electron chi connectivity index (χ1n) is 8.63. The average molecular weight is 362 g/mol. The van der Waals surface area contributed by atoms with E-state index in [1.54, 1.807) is 25.3 Å². The number of hydrogen-bond acceptors (Lipinski definition) is 3. The van der Waals surface area contributed by atoms with E-state index in [2.05, 4.69) is 36.2 Å². The zero-order chi connectivity index (χ0) is 19.2. The van der Waals surface area contributed by atoms with Crippen LogP contribution in [0.5, 0.6) is 11.5 Å². The van der Waals surface area contributed by atoms with E-state index in [0.29, 0.717) is 29.1 Å². The number of amides is 1. The standard InChI is InChI=1S/C22H22N2O3/c1-16-7-9-17(10-8-16)15-24-13-5-4-6-21(24)23-22(25)19-12-11-18(26-2)14-20(19)27-3/h4-14H,15H2,1-3H3. The lowest BCUT2D eigenvalue weighted by atomic mass is 10.1. The van der Waals surface area contributed by atoms with Gasteiger partial charge in [0.15, 0.2) is 0 Å². The number of benzene rings is 2. The van der Waals surface area contributed by atoms with Crippen molar-refractivity contribution in [2.24, 2.45) is 4.99 Å². The summed E-state index contributed by atoms with van der Waals surface area (Å²) < 4.78 is 12.4. The predicted molar refractivity (Wildman–Crippen MR) is 104 cm³/mol. The van der Waals surface area contributed by atoms with Gasteiger partial charge in [-0.2, -0.15) is 4.99 Å². The maximum Gasteiger partial charge on any atom is 0.282 e. The molecule has 1 heterocycles. The van der Waals surface area contributed by atoms with Crippen LogP contribution in [0.15, 0.2) is 71.9 Å². The molecule has 5 heteroatoms. The van der Waals surface area contributed by atoms with E-state index in [-0.39, 0.29) is 5.91 Å². The SMILES string of the molecule is COc1ccc(C(=O)N=c2ccccn2Cc2ccc(C)cc2)c(OC)c1. The summed E-state index contributed by atoms with van der Waals surface area (Å²) in [4.78, 5) is 17.1. The van der Waals surface area contributed by atoms with Crippen LogP contribution in [0, 0.1) is 6.92 Å². The van der Waals surface area contributed by atoms with Crippen LogP contribution in [0.2, 0.25) is 0 Å². The van der Waals surface area contributed by atoms with Gasteiger partial charge in [0.25, 0.3) is 5.91 Å². The number of carbonyl (C=O) groups excluding carboxylic acids is 1. The number of methoxy groups -OCH3 is 2. The van der Waals surface area contributed by atoms with E-state index < -0.39 is 0 Å². The summed E-state index contributed by atoms with van der Waals surface area (Å²) in [5, 5.41) is 0. The fraction of sp³-hybridized carbons (Fsp3) is 0.182. The van der Waals surface area contributed by atoms with Crippen molar-refractivity contribution >= 4 is 5.91 Å². The summed E-state index contributed by atoms with van der Waals surface area (Å²) in [7, 11) is 3.09. The molecule has 0 saturated heterocycles. The number of ether oxygens (including phenoxy) is 2. The van der Waals surface area contributed by atoms with Gasteiger partial charge in [-0.3, -0.25) is 4.79 Å². The average Bonchev–Trinajstić information content (AvgIpc) is 2.70. The Morgan fingerprint density at radius 3 is 2.48 bits per heavy atom. The molecule has 27 heavy (non-hydrogen) atoms. The molecular formula is C22H22N2O3. The minimum atomic E-state index is -0.363. The largest absolute Gasteiger partial charge is 0.497 e. The molecular weight excluding hydrogens is 340 g/mol. The van der Waals surface area contributed by atoms with Crippen LogP contribution in [0.3, 0.4) is 0 Å². The highest BCUT2D eigenvalue weighted by atomic mass is 16.5. The van der Waals surface area contributed by atoms with Gasteiger partial charge in [-0.15, -0.1) is 0 Å². The molecule has 1 amide bonds. The first kappa shape index (κ1) is 18.5. The Morgan fingerprint density at radius 1 is 1.00 bits per heavy atom. The third-order valence-electron chi connectivity index (χ3n) is 4.25. The van der Waals surface area contributed by atoms with Crippen LogP contribution in [-0.2, 0) is 6.54 Å². The zero-order valence-electron chi connectivity index (χ0n) is 15.7. The molecule has 0 bridgehead atoms. The fourth-order valence-corrected chi connectivity index (χ4v) is 2.73. The highest BCUT2D eigenvalue weighted by Crippen LogP contribution is 2.25. The number of rotatable bonds is 5. The van der Waals surface area contributed by atoms with Crippen LogP contribution < -0.4 is 15.0 Å². The van der Waals surface area contributed by atoms with Crippen LogP contribution in [0.4, 0.5) is 0 Å². The van der Waals surface area contributed by atoms with Gasteiger partial charge in [0.05, 0.1) is 19.8 Å². The van der Waals surface area contributed by atoms with E-state index >= 15 is 0 Å². The Hall–Kier alpha value is -3.34. The Kier molecular flexibility index (Phi) is 5.71. The molecule has 0 aliphatic heterocycles. The van der Waals surface area contributed by atoms with Crippen molar-refractivity contribution in [1.82, 2.24) is 4.57 Å². The highest BCUT2D eigenvalue weighted by molar-refractivity contribution is 5.97. The molecule has 5 nitrogen and oxygen atoms in total. The summed E-state index contributed by atoms with van der Waals surface area (Å²) in [5.74, 6) is 0.694. The summed E-state index contributed by atoms with van der Waals surface area (Å²) >= 11 is 0. The fourth-order valence-electron chi connectivity index (χ4n) is 2.73. The van der Waals surface area contributed by atoms with Crippen LogP contribution in [0.25, 0.3) is 0 Å². The Balaban J connectivity index is 1.95. The van der Waals surface area contributed by atoms with Crippen molar-refractivity contribution < 1.29 is 14.3 Å². The minimum absolute atomic E-state index is 0.363. The maximum atomic E-state index is 12.7. The van der Waals surface area contributed by atoms with Gasteiger partial charge in [-0.1, -0.05) is 35.9 Å². The van der Waals surface area contributed by atoms with Crippen molar-refractivity contribution in [2.75, 3.05) is 14.2 Å². The summed E-state index contributed by atoms with van der Waals surface area (Å²) in [6.45, 7) is 2.69. The first-order chi connectivity index (χ1) is 13.1. The Labute approximate surface area is 158 Å². The molecule has 0 saturated carbocycles. The van der Waals surface area contributed by atoms with E-state index in [1.807, 2.05) is 29.0 Å². The molecule has 1 aromatic heterocycles. The number of aromatic nitrogens is 1. The third kappa shape index (κ3) is 4.44. The normalized spacial score (nSPS) is 11.3. The Morgan fingerprint density at radius 2 is 1.78 bits per heavy atom. The molecule has 0 aliphatic rings. The molecule has 0 unspecified atom stereocenters. The van der Waals surface area contributed by atoms with Crippen LogP contribution in [-0.4, -0.2) is 24.7 Å². The van der Waals surface area contributed by atoms with E-state index in [0.717, 1.165) is 5.56 Å². The van der Waals surface area contributed by atoms with Gasteiger partial charge in [0.2, 0.25) is 0 Å². The van der Waals surface area contributed by atoms with Crippen LogP contribution in [0.1, 0.15) is 21.5 Å². The number of carbonyl (C=O) groups is 1. The van der Waals surface area contributed by atoms with Gasteiger partial charge in [-0.05, 0) is 36.8 Å². The number of hydrogen-bond donors (Lipinski definition) is 0. The lowest BCUT2D eigenvalue weighted by molar-refractivity contribution is 0.0994. The molecule has 0 radical (unpaired) electrons. The molecule has 0 atom stereocenters. The summed E-state index contributed by atoms with van der Waals surface area (Å²) in [6.07, 6.45) is 1.91. The molecule has 3 rings (SSSR count). The topological polar surface area (TPSA) is 52.8 Å². The van der Waals surface area contributed by atoms with Gasteiger partial charge in [0.1, 0.15) is 17.0 Å². The second-order valence-corrected chi connectivity index (χ2v) is 6.16. The number of nitrogens with zero attached hydrogens (tertiary/aromatic N) is 2. The zero-order valence-corrected chi connectivity index (χ0v) is 15.7. The van der Waals surface area contributed by atoms with Crippen molar-refractivity contribution in [3.8, 4) is 11.5 Å². The summed E-state index contributed by atoms with van der Waals surface area (Å²) in [6, 6.07) is 19.0. The Bertz CT molecular complexity index is 1000. The highest BCUT2D eigenvalue weighted by Gasteiger charge is 2.12. The van der Waals surface area contributed by atoms with Gasteiger partial charge < -0.3 is 14.0 Å². The van der Waals surface area contributed by atoms with Crippen molar-refractivity contribution in [3.05, 3.63) is 89.0 Å². The van der Waals surface area contributed by atoms with Gasteiger partial charge in [-0.25, -0.2) is 0 Å².